The van der Waals surface area contributed by atoms with Crippen LogP contribution in [0.25, 0.3) is 0 Å². The van der Waals surface area contributed by atoms with Crippen LogP contribution in [0.3, 0.4) is 0 Å². The van der Waals surface area contributed by atoms with Gasteiger partial charge in [0, 0.05) is 33.9 Å². The van der Waals surface area contributed by atoms with Crippen LogP contribution in [0.15, 0.2) is 14.7 Å². The minimum atomic E-state index is -0.329. The molecule has 0 aliphatic carbocycles. The predicted molar refractivity (Wildman–Crippen MR) is 62.9 cm³/mol. The molecule has 0 aliphatic heterocycles. The van der Waals surface area contributed by atoms with Crippen LogP contribution in [0.2, 0.25) is 0 Å². The fourth-order valence-corrected chi connectivity index (χ4v) is 1.29. The van der Waals surface area contributed by atoms with Gasteiger partial charge in [-0.2, -0.15) is 5.10 Å². The second kappa shape index (κ2) is 4.34. The third-order valence-corrected chi connectivity index (χ3v) is 2.42. The van der Waals surface area contributed by atoms with E-state index >= 15 is 0 Å². The average molecular weight is 224 g/mol. The minimum absolute atomic E-state index is 0.328. The average Bonchev–Trinajstić information content (AvgIpc) is 2.23. The smallest absolute Gasteiger partial charge is 0.303 e. The second-order valence-corrected chi connectivity index (χ2v) is 3.80. The molecule has 0 amide bonds. The molecule has 0 spiro atoms. The Kier molecular flexibility index (Phi) is 3.31. The monoisotopic (exact) mass is 224 g/mol. The number of hydrazone groups is 1. The molecule has 88 valence electrons. The van der Waals surface area contributed by atoms with Crippen LogP contribution in [0, 0.1) is 6.92 Å². The second-order valence-electron chi connectivity index (χ2n) is 3.80. The topological polar surface area (TPSA) is 59.6 Å². The first-order chi connectivity index (χ1) is 7.36. The summed E-state index contributed by atoms with van der Waals surface area (Å²) in [6.45, 7) is 1.72. The summed E-state index contributed by atoms with van der Waals surface area (Å²) < 4.78 is 2.50. The van der Waals surface area contributed by atoms with Gasteiger partial charge in [0.25, 0.3) is 5.56 Å². The van der Waals surface area contributed by atoms with Crippen molar-refractivity contribution in [3.05, 3.63) is 32.1 Å². The number of aromatic nitrogens is 2. The number of nitrogens with zero attached hydrogens (tertiary/aromatic N) is 4. The Hall–Kier alpha value is -1.85. The highest BCUT2D eigenvalue weighted by atomic mass is 16.2. The summed E-state index contributed by atoms with van der Waals surface area (Å²) >= 11 is 0. The van der Waals surface area contributed by atoms with Gasteiger partial charge in [0.15, 0.2) is 0 Å². The lowest BCUT2D eigenvalue weighted by Crippen LogP contribution is -2.40. The molecule has 1 rings (SSSR count). The van der Waals surface area contributed by atoms with Crippen LogP contribution < -0.4 is 11.2 Å². The summed E-state index contributed by atoms with van der Waals surface area (Å²) in [5.41, 5.74) is 0.382. The maximum Gasteiger partial charge on any atom is 0.330 e. The van der Waals surface area contributed by atoms with E-state index in [9.17, 15) is 9.59 Å². The highest BCUT2D eigenvalue weighted by molar-refractivity contribution is 5.80. The maximum atomic E-state index is 11.8. The van der Waals surface area contributed by atoms with Crippen molar-refractivity contribution >= 4 is 6.21 Å². The van der Waals surface area contributed by atoms with E-state index in [1.54, 1.807) is 33.1 Å². The molecule has 1 aromatic heterocycles. The SMILES string of the molecule is Cc1c(/C=N/N(C)C)c(=O)n(C)c(=O)n1C. The summed E-state index contributed by atoms with van der Waals surface area (Å²) in [6, 6.07) is 0. The molecule has 0 fully saturated rings. The molecular weight excluding hydrogens is 208 g/mol. The van der Waals surface area contributed by atoms with Gasteiger partial charge < -0.3 is 9.58 Å². The van der Waals surface area contributed by atoms with Crippen LogP contribution in [0.1, 0.15) is 11.3 Å². The molecule has 1 heterocycles. The van der Waals surface area contributed by atoms with Gasteiger partial charge in [-0.1, -0.05) is 0 Å². The Morgan fingerprint density at radius 1 is 1.19 bits per heavy atom. The van der Waals surface area contributed by atoms with E-state index < -0.39 is 0 Å². The van der Waals surface area contributed by atoms with Crippen molar-refractivity contribution in [2.24, 2.45) is 19.2 Å². The highest BCUT2D eigenvalue weighted by Gasteiger charge is 2.09. The van der Waals surface area contributed by atoms with Gasteiger partial charge in [-0.25, -0.2) is 4.79 Å². The van der Waals surface area contributed by atoms with Crippen molar-refractivity contribution in [3.63, 3.8) is 0 Å². The van der Waals surface area contributed by atoms with Crippen molar-refractivity contribution in [2.45, 2.75) is 6.92 Å². The first kappa shape index (κ1) is 12.2. The zero-order valence-electron chi connectivity index (χ0n) is 10.2. The Balaban J connectivity index is 3.53. The first-order valence-corrected chi connectivity index (χ1v) is 4.84. The fraction of sp³-hybridized carbons (Fsp3) is 0.500. The molecule has 0 radical (unpaired) electrons. The highest BCUT2D eigenvalue weighted by Crippen LogP contribution is 1.95. The minimum Gasteiger partial charge on any atom is -0.303 e. The van der Waals surface area contributed by atoms with Crippen molar-refractivity contribution in [1.29, 1.82) is 0 Å². The van der Waals surface area contributed by atoms with E-state index in [4.69, 9.17) is 0 Å². The molecular formula is C10H16N4O2. The van der Waals surface area contributed by atoms with Gasteiger partial charge in [-0.3, -0.25) is 9.36 Å². The maximum absolute atomic E-state index is 11.8. The summed E-state index contributed by atoms with van der Waals surface area (Å²) in [6.07, 6.45) is 1.47. The van der Waals surface area contributed by atoms with E-state index in [1.807, 2.05) is 0 Å². The fourth-order valence-electron chi connectivity index (χ4n) is 1.29. The van der Waals surface area contributed by atoms with Crippen molar-refractivity contribution in [2.75, 3.05) is 14.1 Å². The van der Waals surface area contributed by atoms with Crippen LogP contribution in [-0.2, 0) is 14.1 Å². The lowest BCUT2D eigenvalue weighted by molar-refractivity contribution is 0.440. The third-order valence-electron chi connectivity index (χ3n) is 2.42. The Bertz CT molecular complexity index is 537. The molecule has 0 saturated carbocycles. The summed E-state index contributed by atoms with van der Waals surface area (Å²) in [5.74, 6) is 0. The molecule has 0 aliphatic rings. The number of hydrogen-bond acceptors (Lipinski definition) is 4. The standard InChI is InChI=1S/C10H16N4O2/c1-7-8(6-11-12(2)3)9(15)14(5)10(16)13(7)4/h6H,1-5H3/b11-6+. The van der Waals surface area contributed by atoms with E-state index in [-0.39, 0.29) is 11.2 Å². The van der Waals surface area contributed by atoms with Crippen LogP contribution in [0.5, 0.6) is 0 Å². The van der Waals surface area contributed by atoms with Gasteiger partial charge in [-0.05, 0) is 6.92 Å². The van der Waals surface area contributed by atoms with E-state index in [0.29, 0.717) is 11.3 Å². The van der Waals surface area contributed by atoms with Gasteiger partial charge in [-0.15, -0.1) is 0 Å². The quantitative estimate of drug-likeness (QED) is 0.492. The number of rotatable bonds is 2. The molecule has 16 heavy (non-hydrogen) atoms. The molecule has 6 heteroatoms. The van der Waals surface area contributed by atoms with Crippen molar-refractivity contribution in [3.8, 4) is 0 Å². The molecule has 0 unspecified atom stereocenters. The molecule has 0 aromatic carbocycles. The molecule has 0 bridgehead atoms. The van der Waals surface area contributed by atoms with Crippen molar-refractivity contribution < 1.29 is 0 Å². The van der Waals surface area contributed by atoms with Crippen LogP contribution in [-0.4, -0.2) is 34.5 Å². The molecule has 1 aromatic rings. The van der Waals surface area contributed by atoms with Gasteiger partial charge in [0.1, 0.15) is 0 Å². The lowest BCUT2D eigenvalue weighted by atomic mass is 10.2. The van der Waals surface area contributed by atoms with Crippen LogP contribution >= 0.6 is 0 Å². The first-order valence-electron chi connectivity index (χ1n) is 4.84. The van der Waals surface area contributed by atoms with E-state index in [1.165, 1.54) is 17.8 Å². The normalized spacial score (nSPS) is 11.1. The number of hydrogen-bond donors (Lipinski definition) is 0. The lowest BCUT2D eigenvalue weighted by Gasteiger charge is -2.09. The van der Waals surface area contributed by atoms with Crippen LogP contribution in [0.4, 0.5) is 0 Å². The third kappa shape index (κ3) is 2.05. The molecule has 0 atom stereocenters. The van der Waals surface area contributed by atoms with E-state index in [0.717, 1.165) is 4.57 Å². The summed E-state index contributed by atoms with van der Waals surface area (Å²) in [5, 5.41) is 5.60. The molecule has 0 saturated heterocycles. The Morgan fingerprint density at radius 2 is 1.75 bits per heavy atom. The summed E-state index contributed by atoms with van der Waals surface area (Å²) in [7, 11) is 6.61. The van der Waals surface area contributed by atoms with Crippen molar-refractivity contribution in [1.82, 2.24) is 14.1 Å². The van der Waals surface area contributed by atoms with Gasteiger partial charge >= 0.3 is 5.69 Å². The largest absolute Gasteiger partial charge is 0.330 e. The Labute approximate surface area is 93.4 Å². The van der Waals surface area contributed by atoms with Gasteiger partial charge in [0.05, 0.1) is 11.8 Å². The van der Waals surface area contributed by atoms with E-state index in [2.05, 4.69) is 5.10 Å². The molecule has 6 nitrogen and oxygen atoms in total. The summed E-state index contributed by atoms with van der Waals surface area (Å²) in [4.78, 5) is 23.4. The predicted octanol–water partition coefficient (Wildman–Crippen LogP) is -0.712. The molecule has 0 N–H and O–H groups in total. The Morgan fingerprint density at radius 3 is 2.25 bits per heavy atom. The van der Waals surface area contributed by atoms with Gasteiger partial charge in [0.2, 0.25) is 0 Å². The zero-order chi connectivity index (χ0) is 12.5. The zero-order valence-corrected chi connectivity index (χ0v) is 10.2.